The Morgan fingerprint density at radius 3 is 2.67 bits per heavy atom. The Morgan fingerprint density at radius 2 is 2.20 bits per heavy atom. The maximum atomic E-state index is 10.4. The van der Waals surface area contributed by atoms with E-state index in [2.05, 4.69) is 4.74 Å². The molecule has 0 aliphatic rings. The summed E-state index contributed by atoms with van der Waals surface area (Å²) < 4.78 is 4.75. The van der Waals surface area contributed by atoms with E-state index < -0.39 is 11.1 Å². The highest BCUT2D eigenvalue weighted by Crippen LogP contribution is 2.26. The van der Waals surface area contributed by atoms with Crippen LogP contribution in [-0.4, -0.2) is 11.1 Å². The molecule has 80 valence electrons. The highest BCUT2D eigenvalue weighted by molar-refractivity contribution is 14.1. The van der Waals surface area contributed by atoms with E-state index in [0.29, 0.717) is 9.99 Å². The molecule has 0 saturated carbocycles. The molecule has 0 unspecified atom stereocenters. The van der Waals surface area contributed by atoms with Crippen molar-refractivity contribution in [2.24, 2.45) is 0 Å². The van der Waals surface area contributed by atoms with Gasteiger partial charge in [0.1, 0.15) is 0 Å². The number of halogens is 1. The second kappa shape index (κ2) is 4.91. The summed E-state index contributed by atoms with van der Waals surface area (Å²) in [5.74, 6) is 0.0648. The van der Waals surface area contributed by atoms with Gasteiger partial charge < -0.3 is 14.6 Å². The monoisotopic (exact) mass is 322 g/mol. The molecule has 0 fully saturated rings. The molecule has 15 heavy (non-hydrogen) atoms. The zero-order chi connectivity index (χ0) is 11.4. The average molecular weight is 322 g/mol. The van der Waals surface area contributed by atoms with Gasteiger partial charge in [0, 0.05) is 16.6 Å². The minimum atomic E-state index is -1.69. The number of carbonyl (C=O) groups is 1. The van der Waals surface area contributed by atoms with Crippen molar-refractivity contribution in [2.75, 3.05) is 0 Å². The molecule has 0 amide bonds. The Hall–Kier alpha value is -1.38. The number of carboxylic acid groups (broad SMARTS) is 1. The summed E-state index contributed by atoms with van der Waals surface area (Å²) >= 11 is 1.95. The quantitative estimate of drug-likeness (QED) is 0.209. The molecular formula is C8H5INO5-. The van der Waals surface area contributed by atoms with Gasteiger partial charge in [-0.05, 0) is 11.6 Å². The number of carbonyl (C=O) groups excluding carboxylic acids is 1. The molecule has 0 bridgehead atoms. The molecule has 0 radical (unpaired) electrons. The van der Waals surface area contributed by atoms with Crippen molar-refractivity contribution >= 4 is 34.4 Å². The Labute approximate surface area is 98.1 Å². The van der Waals surface area contributed by atoms with Crippen LogP contribution in [0.15, 0.2) is 18.2 Å². The molecule has 0 aliphatic carbocycles. The molecule has 6 nitrogen and oxygen atoms in total. The van der Waals surface area contributed by atoms with Gasteiger partial charge in [-0.3, -0.25) is 10.1 Å². The van der Waals surface area contributed by atoms with E-state index in [-0.39, 0.29) is 11.4 Å². The van der Waals surface area contributed by atoms with Crippen LogP contribution in [0.3, 0.4) is 0 Å². The molecule has 1 aromatic carbocycles. The van der Waals surface area contributed by atoms with Crippen LogP contribution in [-0.2, 0) is 4.43 Å². The third kappa shape index (κ3) is 3.05. The van der Waals surface area contributed by atoms with Gasteiger partial charge in [0.2, 0.25) is 0 Å². The molecule has 0 atom stereocenters. The zero-order valence-corrected chi connectivity index (χ0v) is 9.46. The molecule has 0 spiro atoms. The molecule has 0 aromatic heterocycles. The molecule has 0 heterocycles. The molecule has 0 saturated heterocycles. The predicted octanol–water partition coefficient (Wildman–Crippen LogP) is 1.25. The largest absolute Gasteiger partial charge is 0.514 e. The maximum absolute atomic E-state index is 10.4. The number of benzene rings is 1. The third-order valence-corrected chi connectivity index (χ3v) is 2.41. The van der Waals surface area contributed by atoms with Crippen LogP contribution in [0.5, 0.6) is 5.75 Å². The summed E-state index contributed by atoms with van der Waals surface area (Å²) in [6.45, 7) is 0. The predicted molar refractivity (Wildman–Crippen MR) is 56.8 cm³/mol. The first-order chi connectivity index (χ1) is 7.04. The number of hydrogen-bond donors (Lipinski definition) is 0. The summed E-state index contributed by atoms with van der Waals surface area (Å²) in [5.41, 5.74) is 0.335. The van der Waals surface area contributed by atoms with Crippen molar-refractivity contribution in [3.63, 3.8) is 0 Å². The van der Waals surface area contributed by atoms with E-state index in [4.69, 9.17) is 0 Å². The summed E-state index contributed by atoms with van der Waals surface area (Å²) in [7, 11) is 0. The van der Waals surface area contributed by atoms with Gasteiger partial charge in [0.25, 0.3) is 11.8 Å². The Bertz CT molecular complexity index is 406. The average Bonchev–Trinajstić information content (AvgIpc) is 2.17. The van der Waals surface area contributed by atoms with E-state index in [1.807, 2.05) is 22.6 Å². The van der Waals surface area contributed by atoms with Crippen molar-refractivity contribution < 1.29 is 19.6 Å². The summed E-state index contributed by atoms with van der Waals surface area (Å²) in [4.78, 5) is 20.1. The lowest BCUT2D eigenvalue weighted by molar-refractivity contribution is -0.384. The van der Waals surface area contributed by atoms with Crippen LogP contribution in [0, 0.1) is 10.1 Å². The Balaban J connectivity index is 3.08. The van der Waals surface area contributed by atoms with Crippen LogP contribution in [0.2, 0.25) is 0 Å². The van der Waals surface area contributed by atoms with Gasteiger partial charge in [0.05, 0.1) is 10.7 Å². The van der Waals surface area contributed by atoms with E-state index in [1.54, 1.807) is 0 Å². The third-order valence-electron chi connectivity index (χ3n) is 1.59. The van der Waals surface area contributed by atoms with Gasteiger partial charge in [-0.2, -0.15) is 0 Å². The minimum absolute atomic E-state index is 0.0648. The fourth-order valence-corrected chi connectivity index (χ4v) is 1.57. The van der Waals surface area contributed by atoms with E-state index in [9.17, 15) is 20.0 Å². The highest BCUT2D eigenvalue weighted by atomic mass is 127. The van der Waals surface area contributed by atoms with Gasteiger partial charge in [-0.15, -0.1) is 0 Å². The summed E-state index contributed by atoms with van der Waals surface area (Å²) in [5, 5.41) is 20.6. The van der Waals surface area contributed by atoms with Crippen LogP contribution in [0.25, 0.3) is 0 Å². The molecule has 0 aliphatic heterocycles. The standard InChI is InChI=1S/C8H6INO5/c9-4-5-3-6(10(13)14)1-2-7(5)15-8(11)12/h1-3H,4H2,(H,11,12)/p-1. The Kier molecular flexibility index (Phi) is 3.83. The van der Waals surface area contributed by atoms with Crippen LogP contribution in [0.4, 0.5) is 10.5 Å². The van der Waals surface area contributed by atoms with Gasteiger partial charge in [-0.25, -0.2) is 0 Å². The lowest BCUT2D eigenvalue weighted by Gasteiger charge is -2.11. The van der Waals surface area contributed by atoms with Gasteiger partial charge in [0.15, 0.2) is 0 Å². The summed E-state index contributed by atoms with van der Waals surface area (Å²) in [6.07, 6.45) is -1.69. The number of nitro groups is 1. The Morgan fingerprint density at radius 1 is 1.53 bits per heavy atom. The normalized spacial score (nSPS) is 9.67. The van der Waals surface area contributed by atoms with Crippen molar-refractivity contribution in [1.29, 1.82) is 0 Å². The number of non-ortho nitro benzene ring substituents is 1. The number of ether oxygens (including phenoxy) is 1. The van der Waals surface area contributed by atoms with Crippen LogP contribution in [0.1, 0.15) is 5.56 Å². The SMILES string of the molecule is O=C([O-])Oc1ccc([N+](=O)[O-])cc1CI. The first-order valence-corrected chi connectivity index (χ1v) is 5.29. The molecule has 0 N–H and O–H groups in total. The van der Waals surface area contributed by atoms with Crippen molar-refractivity contribution in [2.45, 2.75) is 4.43 Å². The van der Waals surface area contributed by atoms with Crippen molar-refractivity contribution in [3.05, 3.63) is 33.9 Å². The van der Waals surface area contributed by atoms with E-state index in [1.165, 1.54) is 18.2 Å². The summed E-state index contributed by atoms with van der Waals surface area (Å²) in [6, 6.07) is 3.68. The van der Waals surface area contributed by atoms with E-state index >= 15 is 0 Å². The second-order valence-corrected chi connectivity index (χ2v) is 3.30. The van der Waals surface area contributed by atoms with Gasteiger partial charge in [-0.1, -0.05) is 22.6 Å². The number of nitro benzene ring substituents is 1. The zero-order valence-electron chi connectivity index (χ0n) is 7.31. The topological polar surface area (TPSA) is 92.5 Å². The van der Waals surface area contributed by atoms with Crippen molar-refractivity contribution in [1.82, 2.24) is 0 Å². The number of rotatable bonds is 3. The first kappa shape index (κ1) is 11.7. The second-order valence-electron chi connectivity index (χ2n) is 2.53. The van der Waals surface area contributed by atoms with Crippen LogP contribution >= 0.6 is 22.6 Å². The molecule has 1 rings (SSSR count). The lowest BCUT2D eigenvalue weighted by Crippen LogP contribution is -2.26. The van der Waals surface area contributed by atoms with Gasteiger partial charge >= 0.3 is 0 Å². The fourth-order valence-electron chi connectivity index (χ4n) is 0.973. The molecule has 7 heteroatoms. The number of alkyl halides is 1. The minimum Gasteiger partial charge on any atom is -0.514 e. The lowest BCUT2D eigenvalue weighted by atomic mass is 10.2. The molecular weight excluding hydrogens is 317 g/mol. The molecule has 1 aromatic rings. The van der Waals surface area contributed by atoms with Crippen molar-refractivity contribution in [3.8, 4) is 5.75 Å². The number of hydrogen-bond acceptors (Lipinski definition) is 5. The highest BCUT2D eigenvalue weighted by Gasteiger charge is 2.09. The van der Waals surface area contributed by atoms with Crippen LogP contribution < -0.4 is 9.84 Å². The maximum Gasteiger partial charge on any atom is 0.269 e. The number of nitrogens with zero attached hydrogens (tertiary/aromatic N) is 1. The fraction of sp³-hybridized carbons (Fsp3) is 0.125. The smallest absolute Gasteiger partial charge is 0.269 e. The van der Waals surface area contributed by atoms with E-state index in [0.717, 1.165) is 0 Å². The first-order valence-electron chi connectivity index (χ1n) is 3.76.